The van der Waals surface area contributed by atoms with Crippen molar-refractivity contribution in [3.05, 3.63) is 54.1 Å². The zero-order valence-electron chi connectivity index (χ0n) is 23.4. The standard InChI is InChI=1S/C29H40N4O6S/c1-20-17-33(21(2)19-34)28(35)24-15-10-16-25(31-40(37,38)23-13-8-5-9-14-23)27(24)39-26(20)18-32(3)29(36)30-22-11-6-4-7-12-22/h5,8-10,13-16,20-22,26,31,34H,4,6-7,11-12,17-19H2,1-3H3,(H,30,36)/t20-,21+,26+/m0/s1. The summed E-state index contributed by atoms with van der Waals surface area (Å²) in [6, 6.07) is 12.2. The first-order valence-electron chi connectivity index (χ1n) is 13.9. The Bertz CT molecular complexity index is 1280. The van der Waals surface area contributed by atoms with Gasteiger partial charge in [0.25, 0.3) is 15.9 Å². The topological polar surface area (TPSA) is 128 Å². The molecule has 0 radical (unpaired) electrons. The lowest BCUT2D eigenvalue weighted by molar-refractivity contribution is 0.0368. The summed E-state index contributed by atoms with van der Waals surface area (Å²) in [6.07, 6.45) is 4.75. The quantitative estimate of drug-likeness (QED) is 0.443. The van der Waals surface area contributed by atoms with Crippen molar-refractivity contribution in [2.75, 3.05) is 31.5 Å². The molecule has 2 aromatic carbocycles. The predicted molar refractivity (Wildman–Crippen MR) is 153 cm³/mol. The number of ether oxygens (including phenoxy) is 1. The molecule has 0 bridgehead atoms. The van der Waals surface area contributed by atoms with Gasteiger partial charge in [-0.1, -0.05) is 50.5 Å². The molecule has 1 saturated carbocycles. The van der Waals surface area contributed by atoms with Gasteiger partial charge in [-0.15, -0.1) is 0 Å². The van der Waals surface area contributed by atoms with Crippen molar-refractivity contribution in [3.63, 3.8) is 0 Å². The van der Waals surface area contributed by atoms with E-state index in [1.807, 2.05) is 6.92 Å². The summed E-state index contributed by atoms with van der Waals surface area (Å²) in [6.45, 7) is 3.96. The number of hydrogen-bond donors (Lipinski definition) is 3. The SMILES string of the molecule is C[C@H](CO)N1C[C@H](C)[C@@H](CN(C)C(=O)NC2CCCCC2)Oc2c(NS(=O)(=O)c3ccccc3)cccc2C1=O. The summed E-state index contributed by atoms with van der Waals surface area (Å²) in [5.74, 6) is -0.513. The number of nitrogens with one attached hydrogen (secondary N) is 2. The minimum atomic E-state index is -3.97. The number of likely N-dealkylation sites (N-methyl/N-ethyl adjacent to an activating group) is 1. The van der Waals surface area contributed by atoms with Crippen LogP contribution in [0.2, 0.25) is 0 Å². The van der Waals surface area contributed by atoms with Gasteiger partial charge in [0.15, 0.2) is 5.75 Å². The molecule has 11 heteroatoms. The number of carbonyl (C=O) groups is 2. The maximum Gasteiger partial charge on any atom is 0.317 e. The minimum Gasteiger partial charge on any atom is -0.485 e. The number of aliphatic hydroxyl groups is 1. The van der Waals surface area contributed by atoms with E-state index in [-0.39, 0.29) is 58.9 Å². The molecule has 1 fully saturated rings. The number of aliphatic hydroxyl groups excluding tert-OH is 1. The molecule has 0 spiro atoms. The van der Waals surface area contributed by atoms with E-state index in [1.54, 1.807) is 60.2 Å². The largest absolute Gasteiger partial charge is 0.485 e. The highest BCUT2D eigenvalue weighted by Crippen LogP contribution is 2.36. The molecule has 2 aliphatic rings. The maximum atomic E-state index is 13.7. The smallest absolute Gasteiger partial charge is 0.317 e. The number of rotatable bonds is 8. The van der Waals surface area contributed by atoms with Gasteiger partial charge in [0.2, 0.25) is 0 Å². The van der Waals surface area contributed by atoms with Gasteiger partial charge in [-0.2, -0.15) is 0 Å². The Kier molecular flexibility index (Phi) is 9.57. The van der Waals surface area contributed by atoms with Gasteiger partial charge >= 0.3 is 6.03 Å². The van der Waals surface area contributed by atoms with Gasteiger partial charge in [-0.3, -0.25) is 9.52 Å². The molecule has 10 nitrogen and oxygen atoms in total. The average molecular weight is 573 g/mol. The zero-order valence-corrected chi connectivity index (χ0v) is 24.2. The molecular weight excluding hydrogens is 532 g/mol. The first-order valence-corrected chi connectivity index (χ1v) is 15.4. The highest BCUT2D eigenvalue weighted by molar-refractivity contribution is 7.92. The van der Waals surface area contributed by atoms with E-state index in [0.29, 0.717) is 6.54 Å². The molecule has 218 valence electrons. The number of carbonyl (C=O) groups excluding carboxylic acids is 2. The molecule has 1 aliphatic heterocycles. The number of urea groups is 1. The Morgan fingerprint density at radius 3 is 2.50 bits per heavy atom. The molecule has 4 rings (SSSR count). The van der Waals surface area contributed by atoms with Gasteiger partial charge in [0.1, 0.15) is 6.10 Å². The fourth-order valence-electron chi connectivity index (χ4n) is 5.23. The Morgan fingerprint density at radius 2 is 1.82 bits per heavy atom. The van der Waals surface area contributed by atoms with Crippen molar-refractivity contribution in [1.82, 2.24) is 15.1 Å². The molecule has 0 aromatic heterocycles. The highest BCUT2D eigenvalue weighted by Gasteiger charge is 2.35. The van der Waals surface area contributed by atoms with Gasteiger partial charge < -0.3 is 25.0 Å². The summed E-state index contributed by atoms with van der Waals surface area (Å²) in [5.41, 5.74) is 0.305. The van der Waals surface area contributed by atoms with E-state index in [4.69, 9.17) is 4.74 Å². The predicted octanol–water partition coefficient (Wildman–Crippen LogP) is 3.68. The third-order valence-corrected chi connectivity index (χ3v) is 9.10. The second-order valence-electron chi connectivity index (χ2n) is 10.9. The lowest BCUT2D eigenvalue weighted by Gasteiger charge is -2.38. The number of anilines is 1. The second-order valence-corrected chi connectivity index (χ2v) is 12.6. The Hall–Kier alpha value is -3.31. The van der Waals surface area contributed by atoms with Crippen LogP contribution in [0.4, 0.5) is 10.5 Å². The Balaban J connectivity index is 1.66. The number of para-hydroxylation sites is 1. The van der Waals surface area contributed by atoms with Gasteiger partial charge in [-0.25, -0.2) is 13.2 Å². The molecule has 0 unspecified atom stereocenters. The minimum absolute atomic E-state index is 0.0735. The van der Waals surface area contributed by atoms with Crippen LogP contribution in [0.15, 0.2) is 53.4 Å². The van der Waals surface area contributed by atoms with Crippen molar-refractivity contribution in [2.24, 2.45) is 5.92 Å². The number of nitrogens with zero attached hydrogens (tertiary/aromatic N) is 2. The summed E-state index contributed by atoms with van der Waals surface area (Å²) in [5, 5.41) is 13.0. The van der Waals surface area contributed by atoms with E-state index < -0.39 is 22.2 Å². The molecule has 1 aliphatic carbocycles. The summed E-state index contributed by atoms with van der Waals surface area (Å²) in [7, 11) is -2.27. The number of benzene rings is 2. The fraction of sp³-hybridized carbons (Fsp3) is 0.517. The molecule has 3 atom stereocenters. The molecule has 3 N–H and O–H groups in total. The lowest BCUT2D eigenvalue weighted by Crippen LogP contribution is -2.52. The van der Waals surface area contributed by atoms with Crippen molar-refractivity contribution in [2.45, 2.75) is 69.0 Å². The number of hydrogen-bond acceptors (Lipinski definition) is 6. The van der Waals surface area contributed by atoms with Crippen LogP contribution in [0.5, 0.6) is 5.75 Å². The molecule has 40 heavy (non-hydrogen) atoms. The van der Waals surface area contributed by atoms with E-state index in [9.17, 15) is 23.1 Å². The first-order chi connectivity index (χ1) is 19.1. The van der Waals surface area contributed by atoms with Crippen LogP contribution in [-0.2, 0) is 10.0 Å². The molecule has 2 aromatic rings. The second kappa shape index (κ2) is 12.9. The van der Waals surface area contributed by atoms with Crippen LogP contribution < -0.4 is 14.8 Å². The Morgan fingerprint density at radius 1 is 1.12 bits per heavy atom. The van der Waals surface area contributed by atoms with Crippen LogP contribution in [-0.4, -0.2) is 80.2 Å². The molecule has 1 heterocycles. The first kappa shape index (κ1) is 29.7. The van der Waals surface area contributed by atoms with Crippen LogP contribution in [0.25, 0.3) is 0 Å². The fourth-order valence-corrected chi connectivity index (χ4v) is 6.31. The van der Waals surface area contributed by atoms with E-state index in [2.05, 4.69) is 10.0 Å². The summed E-state index contributed by atoms with van der Waals surface area (Å²) >= 11 is 0. The van der Waals surface area contributed by atoms with Gasteiger partial charge in [0, 0.05) is 25.6 Å². The van der Waals surface area contributed by atoms with E-state index in [1.165, 1.54) is 18.6 Å². The third-order valence-electron chi connectivity index (χ3n) is 7.72. The van der Waals surface area contributed by atoms with Crippen LogP contribution in [0.3, 0.4) is 0 Å². The van der Waals surface area contributed by atoms with Gasteiger partial charge in [-0.05, 0) is 44.0 Å². The zero-order chi connectivity index (χ0) is 28.9. The van der Waals surface area contributed by atoms with Crippen LogP contribution in [0, 0.1) is 5.92 Å². The Labute approximate surface area is 236 Å². The third kappa shape index (κ3) is 6.87. The molecular formula is C29H40N4O6S. The summed E-state index contributed by atoms with van der Waals surface area (Å²) < 4.78 is 35.4. The maximum absolute atomic E-state index is 13.7. The number of fused-ring (bicyclic) bond motifs is 1. The van der Waals surface area contributed by atoms with Crippen molar-refractivity contribution in [3.8, 4) is 5.75 Å². The van der Waals surface area contributed by atoms with Crippen molar-refractivity contribution in [1.29, 1.82) is 0 Å². The van der Waals surface area contributed by atoms with E-state index in [0.717, 1.165) is 25.7 Å². The van der Waals surface area contributed by atoms with Crippen molar-refractivity contribution < 1.29 is 27.9 Å². The number of sulfonamides is 1. The monoisotopic (exact) mass is 572 g/mol. The molecule has 0 saturated heterocycles. The normalized spacial score (nSPS) is 20.9. The summed E-state index contributed by atoms with van der Waals surface area (Å²) in [4.78, 5) is 29.9. The molecule has 3 amide bonds. The average Bonchev–Trinajstić information content (AvgIpc) is 2.95. The van der Waals surface area contributed by atoms with Crippen molar-refractivity contribution >= 4 is 27.6 Å². The van der Waals surface area contributed by atoms with Crippen LogP contribution in [0.1, 0.15) is 56.3 Å². The van der Waals surface area contributed by atoms with E-state index >= 15 is 0 Å². The van der Waals surface area contributed by atoms with Crippen LogP contribution >= 0.6 is 0 Å². The van der Waals surface area contributed by atoms with Gasteiger partial charge in [0.05, 0.1) is 35.3 Å². The number of amides is 3. The highest BCUT2D eigenvalue weighted by atomic mass is 32.2. The lowest BCUT2D eigenvalue weighted by atomic mass is 9.96.